The molecule has 0 aromatic carbocycles. The molecule has 2 spiro atoms. The number of aliphatic hydroxyl groups is 1. The first kappa shape index (κ1) is 25.4. The van der Waals surface area contributed by atoms with Crippen molar-refractivity contribution in [3.8, 4) is 0 Å². The summed E-state index contributed by atoms with van der Waals surface area (Å²) in [5.74, 6) is -2.28. The van der Waals surface area contributed by atoms with Gasteiger partial charge in [-0.05, 0) is 37.0 Å². The summed E-state index contributed by atoms with van der Waals surface area (Å²) in [6, 6.07) is 0. The van der Waals surface area contributed by atoms with E-state index in [-0.39, 0.29) is 60.3 Å². The van der Waals surface area contributed by atoms with Crippen LogP contribution in [0.3, 0.4) is 0 Å². The number of carbonyl (C=O) groups is 4. The van der Waals surface area contributed by atoms with Crippen molar-refractivity contribution < 1.29 is 33.8 Å². The Morgan fingerprint density at radius 3 is 2.19 bits per heavy atom. The number of hydrogen-bond donors (Lipinski definition) is 1. The Morgan fingerprint density at radius 2 is 1.57 bits per heavy atom. The summed E-state index contributed by atoms with van der Waals surface area (Å²) in [5.41, 5.74) is -3.30. The van der Waals surface area contributed by atoms with Crippen molar-refractivity contribution >= 4 is 23.3 Å². The van der Waals surface area contributed by atoms with Crippen molar-refractivity contribution in [2.45, 2.75) is 111 Å². The summed E-state index contributed by atoms with van der Waals surface area (Å²) >= 11 is 0. The van der Waals surface area contributed by atoms with Crippen LogP contribution in [0.15, 0.2) is 11.1 Å². The van der Waals surface area contributed by atoms with E-state index in [4.69, 9.17) is 9.47 Å². The molecule has 6 rings (SSSR count). The van der Waals surface area contributed by atoms with Gasteiger partial charge in [-0.15, -0.1) is 0 Å². The highest BCUT2D eigenvalue weighted by Crippen LogP contribution is 2.74. The van der Waals surface area contributed by atoms with Gasteiger partial charge in [0.25, 0.3) is 0 Å². The van der Waals surface area contributed by atoms with Gasteiger partial charge >= 0.3 is 5.97 Å². The van der Waals surface area contributed by atoms with E-state index in [1.165, 1.54) is 0 Å². The van der Waals surface area contributed by atoms with Crippen LogP contribution in [0.4, 0.5) is 0 Å². The third kappa shape index (κ3) is 2.66. The molecule has 6 aliphatic rings. The minimum Gasteiger partial charge on any atom is -0.433 e. The summed E-state index contributed by atoms with van der Waals surface area (Å²) in [4.78, 5) is 54.9. The second-order valence-electron chi connectivity index (χ2n) is 14.4. The molecule has 0 aromatic heterocycles. The molecule has 2 saturated carbocycles. The summed E-state index contributed by atoms with van der Waals surface area (Å²) in [6.07, 6.45) is 1.93. The molecule has 7 heteroatoms. The lowest BCUT2D eigenvalue weighted by Crippen LogP contribution is -2.62. The van der Waals surface area contributed by atoms with E-state index in [1.807, 2.05) is 41.5 Å². The van der Waals surface area contributed by atoms with Crippen LogP contribution in [-0.2, 0) is 28.7 Å². The number of ether oxygens (including phenoxy) is 2. The molecular formula is C30H40O7. The van der Waals surface area contributed by atoms with Crippen LogP contribution in [0, 0.1) is 39.4 Å². The summed E-state index contributed by atoms with van der Waals surface area (Å²) in [7, 11) is 0. The Kier molecular flexibility index (Phi) is 4.82. The molecule has 9 atom stereocenters. The average Bonchev–Trinajstić information content (AvgIpc) is 3.28. The highest BCUT2D eigenvalue weighted by atomic mass is 16.7. The van der Waals surface area contributed by atoms with Crippen LogP contribution in [0.1, 0.15) is 93.4 Å². The fourth-order valence-corrected chi connectivity index (χ4v) is 10.1. The minimum atomic E-state index is -1.17. The first-order chi connectivity index (χ1) is 17.0. The van der Waals surface area contributed by atoms with Crippen molar-refractivity contribution in [1.82, 2.24) is 0 Å². The molecule has 1 N–H and O–H groups in total. The van der Waals surface area contributed by atoms with E-state index < -0.39 is 39.2 Å². The highest BCUT2D eigenvalue weighted by Gasteiger charge is 2.79. The van der Waals surface area contributed by atoms with Gasteiger partial charge in [0.1, 0.15) is 5.78 Å². The van der Waals surface area contributed by atoms with Crippen LogP contribution >= 0.6 is 0 Å². The summed E-state index contributed by atoms with van der Waals surface area (Å²) in [5, 5.41) is 10.8. The molecule has 1 unspecified atom stereocenters. The topological polar surface area (TPSA) is 107 Å². The van der Waals surface area contributed by atoms with Gasteiger partial charge in [-0.2, -0.15) is 0 Å². The molecule has 0 bridgehead atoms. The lowest BCUT2D eigenvalue weighted by molar-refractivity contribution is -0.254. The van der Waals surface area contributed by atoms with E-state index >= 15 is 0 Å². The van der Waals surface area contributed by atoms with Crippen LogP contribution in [0.5, 0.6) is 0 Å². The summed E-state index contributed by atoms with van der Waals surface area (Å²) in [6.45, 7) is 13.7. The SMILES string of the molecule is CC1C[C@]2(C[C@@H](C)C(=O)O2)O[C@@]12CC(=O)[C@@]1(C)C3=C(C(=O)C[C@@]12C)[C@@]1(C)CC[C@H](O)C(C)(C)[C@@H]1CC3=O. The van der Waals surface area contributed by atoms with E-state index in [0.29, 0.717) is 36.8 Å². The monoisotopic (exact) mass is 512 g/mol. The Labute approximate surface area is 218 Å². The molecule has 0 radical (unpaired) electrons. The number of fused-ring (bicyclic) bond motifs is 5. The van der Waals surface area contributed by atoms with E-state index in [1.54, 1.807) is 0 Å². The smallest absolute Gasteiger partial charge is 0.311 e. The third-order valence-corrected chi connectivity index (χ3v) is 12.4. The minimum absolute atomic E-state index is 0.0678. The largest absolute Gasteiger partial charge is 0.433 e. The van der Waals surface area contributed by atoms with Gasteiger partial charge in [0.15, 0.2) is 11.6 Å². The van der Waals surface area contributed by atoms with Crippen molar-refractivity contribution in [1.29, 1.82) is 0 Å². The Balaban J connectivity index is 1.52. The molecule has 0 amide bonds. The molecule has 2 heterocycles. The van der Waals surface area contributed by atoms with Gasteiger partial charge in [-0.25, -0.2) is 0 Å². The number of rotatable bonds is 0. The maximum absolute atomic E-state index is 14.3. The highest BCUT2D eigenvalue weighted by molar-refractivity contribution is 6.16. The first-order valence-electron chi connectivity index (χ1n) is 14.0. The van der Waals surface area contributed by atoms with Gasteiger partial charge in [-0.1, -0.05) is 41.5 Å². The van der Waals surface area contributed by atoms with Gasteiger partial charge in [0, 0.05) is 54.1 Å². The molecule has 7 nitrogen and oxygen atoms in total. The third-order valence-electron chi connectivity index (χ3n) is 12.4. The normalized spacial score (nSPS) is 52.5. The zero-order valence-corrected chi connectivity index (χ0v) is 23.2. The molecule has 202 valence electrons. The fourth-order valence-electron chi connectivity index (χ4n) is 10.1. The van der Waals surface area contributed by atoms with Crippen LogP contribution in [0.2, 0.25) is 0 Å². The van der Waals surface area contributed by atoms with Gasteiger partial charge in [0.05, 0.1) is 23.0 Å². The number of ketones is 3. The summed E-state index contributed by atoms with van der Waals surface area (Å²) < 4.78 is 12.6. The maximum atomic E-state index is 14.3. The lowest BCUT2D eigenvalue weighted by atomic mass is 9.42. The lowest BCUT2D eigenvalue weighted by Gasteiger charge is -2.60. The Morgan fingerprint density at radius 1 is 0.892 bits per heavy atom. The fraction of sp³-hybridized carbons (Fsp3) is 0.800. The van der Waals surface area contributed by atoms with Crippen LogP contribution in [-0.4, -0.2) is 45.9 Å². The van der Waals surface area contributed by atoms with Crippen molar-refractivity contribution in [2.24, 2.45) is 39.4 Å². The Hall–Kier alpha value is -1.86. The predicted octanol–water partition coefficient (Wildman–Crippen LogP) is 4.09. The molecular weight excluding hydrogens is 472 g/mol. The molecule has 0 aromatic rings. The standard InChI is InChI=1S/C30H40O7/c1-15-11-29(36-24(15)35)12-16(2)30(37-29)14-21(34)28(7)23-17(31)10-19-25(3,4)20(33)8-9-26(19,5)22(23)18(32)13-27(28,30)6/h15-16,19-20,33H,8-14H2,1-7H3/t15-,16?,19+,20+,26+,27+,28+,29+,30+/m1/s1. The number of esters is 1. The number of aliphatic hydroxyl groups excluding tert-OH is 1. The number of Topliss-reactive ketones (excluding diaryl/α,β-unsaturated/α-hetero) is 3. The Bertz CT molecular complexity index is 1200. The van der Waals surface area contributed by atoms with Gasteiger partial charge in [0.2, 0.25) is 5.79 Å². The molecule has 2 aliphatic heterocycles. The van der Waals surface area contributed by atoms with Crippen LogP contribution in [0.25, 0.3) is 0 Å². The number of allylic oxidation sites excluding steroid dienone is 2. The first-order valence-corrected chi connectivity index (χ1v) is 14.0. The van der Waals surface area contributed by atoms with E-state index in [9.17, 15) is 24.3 Å². The predicted molar refractivity (Wildman–Crippen MR) is 133 cm³/mol. The van der Waals surface area contributed by atoms with Gasteiger partial charge in [-0.3, -0.25) is 19.2 Å². The second kappa shape index (κ2) is 7.01. The molecule has 2 saturated heterocycles. The van der Waals surface area contributed by atoms with Gasteiger partial charge < -0.3 is 14.6 Å². The zero-order chi connectivity index (χ0) is 27.1. The quantitative estimate of drug-likeness (QED) is 0.487. The van der Waals surface area contributed by atoms with E-state index in [0.717, 1.165) is 0 Å². The second-order valence-corrected chi connectivity index (χ2v) is 14.4. The van der Waals surface area contributed by atoms with E-state index in [2.05, 4.69) is 6.92 Å². The number of hydrogen-bond acceptors (Lipinski definition) is 7. The molecule has 4 fully saturated rings. The maximum Gasteiger partial charge on any atom is 0.311 e. The molecule has 4 aliphatic carbocycles. The van der Waals surface area contributed by atoms with Crippen molar-refractivity contribution in [3.63, 3.8) is 0 Å². The average molecular weight is 513 g/mol. The van der Waals surface area contributed by atoms with Crippen LogP contribution < -0.4 is 0 Å². The van der Waals surface area contributed by atoms with Crippen molar-refractivity contribution in [3.05, 3.63) is 11.1 Å². The number of carbonyl (C=O) groups excluding carboxylic acids is 4. The van der Waals surface area contributed by atoms with Crippen molar-refractivity contribution in [2.75, 3.05) is 0 Å². The zero-order valence-electron chi connectivity index (χ0n) is 23.2. The molecule has 37 heavy (non-hydrogen) atoms.